The highest BCUT2D eigenvalue weighted by Gasteiger charge is 2.11. The van der Waals surface area contributed by atoms with Crippen molar-refractivity contribution in [3.8, 4) is 5.75 Å². The van der Waals surface area contributed by atoms with Crippen molar-refractivity contribution in [3.63, 3.8) is 0 Å². The van der Waals surface area contributed by atoms with Gasteiger partial charge in [0.2, 0.25) is 0 Å². The second-order valence-electron chi connectivity index (χ2n) is 5.02. The first kappa shape index (κ1) is 16.7. The van der Waals surface area contributed by atoms with Gasteiger partial charge in [-0.25, -0.2) is 9.97 Å². The lowest BCUT2D eigenvalue weighted by molar-refractivity contribution is 0.102. The minimum atomic E-state index is -0.265. The lowest BCUT2D eigenvalue weighted by atomic mass is 10.3. The number of anilines is 2. The number of benzene rings is 1. The van der Waals surface area contributed by atoms with E-state index in [1.54, 1.807) is 25.1 Å². The lowest BCUT2D eigenvalue weighted by Crippen LogP contribution is -2.16. The zero-order chi connectivity index (χ0) is 16.7. The van der Waals surface area contributed by atoms with Crippen molar-refractivity contribution in [1.29, 1.82) is 0 Å². The van der Waals surface area contributed by atoms with Gasteiger partial charge in [-0.3, -0.25) is 4.79 Å². The molecule has 6 nitrogen and oxygen atoms in total. The van der Waals surface area contributed by atoms with E-state index in [-0.39, 0.29) is 5.91 Å². The third-order valence-corrected chi connectivity index (χ3v) is 3.05. The molecular weight excluding hydrogens is 292 g/mol. The van der Waals surface area contributed by atoms with Gasteiger partial charge < -0.3 is 15.4 Å². The number of carbonyl (C=O) groups excluding carboxylic acids is 1. The average Bonchev–Trinajstić information content (AvgIpc) is 2.54. The highest BCUT2D eigenvalue weighted by atomic mass is 16.5. The number of rotatable bonds is 7. The van der Waals surface area contributed by atoms with Crippen LogP contribution in [-0.4, -0.2) is 29.0 Å². The standard InChI is InChI=1S/C17H22N4O2/c1-4-10-18-16-11-15(19-12(3)20-16)17(22)21-13-6-8-14(9-7-13)23-5-2/h6-9,11H,4-5,10H2,1-3H3,(H,21,22)(H,18,19,20). The maximum atomic E-state index is 12.3. The number of hydrogen-bond acceptors (Lipinski definition) is 5. The molecule has 0 aliphatic carbocycles. The number of aryl methyl sites for hydroxylation is 1. The number of nitrogens with zero attached hydrogens (tertiary/aromatic N) is 2. The Balaban J connectivity index is 2.08. The molecule has 1 aromatic carbocycles. The van der Waals surface area contributed by atoms with Gasteiger partial charge in [0.1, 0.15) is 23.1 Å². The molecule has 1 aromatic heterocycles. The van der Waals surface area contributed by atoms with Crippen molar-refractivity contribution in [2.45, 2.75) is 27.2 Å². The molecule has 2 N–H and O–H groups in total. The second-order valence-corrected chi connectivity index (χ2v) is 5.02. The van der Waals surface area contributed by atoms with Gasteiger partial charge in [0, 0.05) is 18.3 Å². The van der Waals surface area contributed by atoms with Crippen molar-refractivity contribution in [2.24, 2.45) is 0 Å². The Hall–Kier alpha value is -2.63. The highest BCUT2D eigenvalue weighted by Crippen LogP contribution is 2.16. The largest absolute Gasteiger partial charge is 0.494 e. The van der Waals surface area contributed by atoms with E-state index in [4.69, 9.17) is 4.74 Å². The summed E-state index contributed by atoms with van der Waals surface area (Å²) in [5, 5.41) is 5.99. The van der Waals surface area contributed by atoms with Crippen molar-refractivity contribution in [3.05, 3.63) is 41.9 Å². The van der Waals surface area contributed by atoms with E-state index in [1.165, 1.54) is 0 Å². The van der Waals surface area contributed by atoms with Crippen LogP contribution in [-0.2, 0) is 0 Å². The van der Waals surface area contributed by atoms with Crippen molar-refractivity contribution < 1.29 is 9.53 Å². The maximum Gasteiger partial charge on any atom is 0.274 e. The first-order valence-corrected chi connectivity index (χ1v) is 7.76. The van der Waals surface area contributed by atoms with Crippen LogP contribution in [0.3, 0.4) is 0 Å². The zero-order valence-electron chi connectivity index (χ0n) is 13.7. The summed E-state index contributed by atoms with van der Waals surface area (Å²) in [6.07, 6.45) is 0.983. The summed E-state index contributed by atoms with van der Waals surface area (Å²) in [4.78, 5) is 20.8. The minimum Gasteiger partial charge on any atom is -0.494 e. The summed E-state index contributed by atoms with van der Waals surface area (Å²) >= 11 is 0. The Morgan fingerprint density at radius 3 is 2.57 bits per heavy atom. The fourth-order valence-corrected chi connectivity index (χ4v) is 2.02. The van der Waals surface area contributed by atoms with Gasteiger partial charge in [0.05, 0.1) is 6.61 Å². The molecule has 0 unspecified atom stereocenters. The van der Waals surface area contributed by atoms with Gasteiger partial charge in [0.25, 0.3) is 5.91 Å². The minimum absolute atomic E-state index is 0.265. The van der Waals surface area contributed by atoms with E-state index in [0.29, 0.717) is 29.6 Å². The molecule has 0 bridgehead atoms. The van der Waals surface area contributed by atoms with Gasteiger partial charge in [0.15, 0.2) is 0 Å². The molecule has 0 spiro atoms. The molecule has 2 rings (SSSR count). The quantitative estimate of drug-likeness (QED) is 0.820. The van der Waals surface area contributed by atoms with E-state index in [9.17, 15) is 4.79 Å². The molecule has 6 heteroatoms. The predicted molar refractivity (Wildman–Crippen MR) is 91.1 cm³/mol. The van der Waals surface area contributed by atoms with Crippen LogP contribution in [0.25, 0.3) is 0 Å². The summed E-state index contributed by atoms with van der Waals surface area (Å²) in [6.45, 7) is 7.18. The topological polar surface area (TPSA) is 76.1 Å². The molecule has 0 fully saturated rings. The van der Waals surface area contributed by atoms with Crippen LogP contribution in [0.2, 0.25) is 0 Å². The first-order chi connectivity index (χ1) is 11.1. The number of amides is 1. The lowest BCUT2D eigenvalue weighted by Gasteiger charge is -2.09. The van der Waals surface area contributed by atoms with Crippen LogP contribution in [0, 0.1) is 6.92 Å². The van der Waals surface area contributed by atoms with Gasteiger partial charge in [-0.1, -0.05) is 6.92 Å². The number of hydrogen-bond donors (Lipinski definition) is 2. The first-order valence-electron chi connectivity index (χ1n) is 7.76. The van der Waals surface area contributed by atoms with Crippen molar-refractivity contribution in [2.75, 3.05) is 23.8 Å². The van der Waals surface area contributed by atoms with E-state index in [2.05, 4.69) is 27.5 Å². The number of nitrogens with one attached hydrogen (secondary N) is 2. The van der Waals surface area contributed by atoms with Gasteiger partial charge >= 0.3 is 0 Å². The van der Waals surface area contributed by atoms with Gasteiger partial charge in [-0.05, 0) is 44.5 Å². The third-order valence-electron chi connectivity index (χ3n) is 3.05. The van der Waals surface area contributed by atoms with Gasteiger partial charge in [-0.15, -0.1) is 0 Å². The SMILES string of the molecule is CCCNc1cc(C(=O)Nc2ccc(OCC)cc2)nc(C)n1. The molecule has 122 valence electrons. The van der Waals surface area contributed by atoms with Crippen molar-refractivity contribution in [1.82, 2.24) is 9.97 Å². The molecule has 0 radical (unpaired) electrons. The Labute approximate surface area is 136 Å². The van der Waals surface area contributed by atoms with E-state index >= 15 is 0 Å². The smallest absolute Gasteiger partial charge is 0.274 e. The second kappa shape index (κ2) is 8.12. The summed E-state index contributed by atoms with van der Waals surface area (Å²) < 4.78 is 5.38. The van der Waals surface area contributed by atoms with Crippen LogP contribution in [0.5, 0.6) is 5.75 Å². The van der Waals surface area contributed by atoms with Gasteiger partial charge in [-0.2, -0.15) is 0 Å². The van der Waals surface area contributed by atoms with Crippen LogP contribution in [0.15, 0.2) is 30.3 Å². The number of aromatic nitrogens is 2. The summed E-state index contributed by atoms with van der Waals surface area (Å²) in [6, 6.07) is 8.89. The average molecular weight is 314 g/mol. The molecule has 23 heavy (non-hydrogen) atoms. The molecule has 0 atom stereocenters. The van der Waals surface area contributed by atoms with Crippen LogP contribution in [0.4, 0.5) is 11.5 Å². The zero-order valence-corrected chi connectivity index (χ0v) is 13.7. The third kappa shape index (κ3) is 4.95. The highest BCUT2D eigenvalue weighted by molar-refractivity contribution is 6.03. The fourth-order valence-electron chi connectivity index (χ4n) is 2.02. The fraction of sp³-hybridized carbons (Fsp3) is 0.353. The molecule has 0 saturated heterocycles. The molecule has 0 aliphatic heterocycles. The summed E-state index contributed by atoms with van der Waals surface area (Å²) in [5.41, 5.74) is 1.03. The van der Waals surface area contributed by atoms with Crippen LogP contribution >= 0.6 is 0 Å². The van der Waals surface area contributed by atoms with Crippen molar-refractivity contribution >= 4 is 17.4 Å². The molecule has 0 aliphatic rings. The Morgan fingerprint density at radius 1 is 1.17 bits per heavy atom. The summed E-state index contributed by atoms with van der Waals surface area (Å²) in [5.74, 6) is 1.73. The normalized spacial score (nSPS) is 10.2. The van der Waals surface area contributed by atoms with E-state index in [1.807, 2.05) is 19.1 Å². The number of ether oxygens (including phenoxy) is 1. The Kier molecular flexibility index (Phi) is 5.91. The molecule has 2 aromatic rings. The Bertz CT molecular complexity index is 656. The molecule has 0 saturated carbocycles. The van der Waals surface area contributed by atoms with Crippen LogP contribution < -0.4 is 15.4 Å². The monoisotopic (exact) mass is 314 g/mol. The maximum absolute atomic E-state index is 12.3. The molecular formula is C17H22N4O2. The van der Waals surface area contributed by atoms with E-state index < -0.39 is 0 Å². The van der Waals surface area contributed by atoms with Crippen LogP contribution in [0.1, 0.15) is 36.6 Å². The molecule has 1 amide bonds. The summed E-state index contributed by atoms with van der Waals surface area (Å²) in [7, 11) is 0. The molecule has 1 heterocycles. The predicted octanol–water partition coefficient (Wildman–Crippen LogP) is 3.26. The van der Waals surface area contributed by atoms with E-state index in [0.717, 1.165) is 18.7 Å². The number of carbonyl (C=O) groups is 1. The Morgan fingerprint density at radius 2 is 1.91 bits per heavy atom.